The van der Waals surface area contributed by atoms with Crippen LogP contribution in [0.2, 0.25) is 0 Å². The Labute approximate surface area is 132 Å². The van der Waals surface area contributed by atoms with E-state index < -0.39 is 9.84 Å². The molecular formula is C15H26N2O2S2. The number of nitrogens with zero attached hydrogens (tertiary/aromatic N) is 1. The van der Waals surface area contributed by atoms with Gasteiger partial charge in [-0.3, -0.25) is 4.90 Å². The van der Waals surface area contributed by atoms with Gasteiger partial charge in [0.15, 0.2) is 9.84 Å². The van der Waals surface area contributed by atoms with Crippen molar-refractivity contribution in [2.24, 2.45) is 0 Å². The maximum Gasteiger partial charge on any atom is 0.151 e. The molecule has 1 aliphatic heterocycles. The van der Waals surface area contributed by atoms with Crippen LogP contribution >= 0.6 is 11.3 Å². The number of aryl methyl sites for hydroxylation is 1. The third-order valence-corrected chi connectivity index (χ3v) is 6.85. The van der Waals surface area contributed by atoms with E-state index in [1.807, 2.05) is 18.4 Å². The highest BCUT2D eigenvalue weighted by Crippen LogP contribution is 2.25. The molecule has 0 spiro atoms. The van der Waals surface area contributed by atoms with Gasteiger partial charge < -0.3 is 5.32 Å². The first-order valence-electron chi connectivity index (χ1n) is 7.49. The molecule has 0 aromatic carbocycles. The van der Waals surface area contributed by atoms with E-state index >= 15 is 0 Å². The minimum Gasteiger partial charge on any atom is -0.310 e. The van der Waals surface area contributed by atoms with Crippen molar-refractivity contribution >= 4 is 21.2 Å². The van der Waals surface area contributed by atoms with Gasteiger partial charge in [-0.15, -0.1) is 11.3 Å². The minimum atomic E-state index is -2.80. The zero-order chi connectivity index (χ0) is 15.6. The molecule has 0 radical (unpaired) electrons. The smallest absolute Gasteiger partial charge is 0.151 e. The largest absolute Gasteiger partial charge is 0.310 e. The molecule has 1 aliphatic rings. The van der Waals surface area contributed by atoms with Crippen LogP contribution in [0.15, 0.2) is 6.07 Å². The number of nitrogens with one attached hydrogen (secondary N) is 1. The molecule has 6 heteroatoms. The second-order valence-corrected chi connectivity index (χ2v) is 9.87. The van der Waals surface area contributed by atoms with Gasteiger partial charge in [0.25, 0.3) is 0 Å². The Morgan fingerprint density at radius 1 is 1.48 bits per heavy atom. The first-order valence-corrected chi connectivity index (χ1v) is 10.1. The Kier molecular flexibility index (Phi) is 5.46. The summed E-state index contributed by atoms with van der Waals surface area (Å²) >= 11 is 1.83. The van der Waals surface area contributed by atoms with Crippen molar-refractivity contribution in [1.29, 1.82) is 0 Å². The van der Waals surface area contributed by atoms with Crippen LogP contribution in [0.5, 0.6) is 0 Å². The number of rotatable bonds is 6. The van der Waals surface area contributed by atoms with Gasteiger partial charge in [-0.1, -0.05) is 13.8 Å². The van der Waals surface area contributed by atoms with Crippen molar-refractivity contribution in [2.45, 2.75) is 52.4 Å². The van der Waals surface area contributed by atoms with Crippen LogP contribution in [0.1, 0.15) is 35.6 Å². The SMILES string of the molecule is Cc1sc(CNC(C)C)cc1CN(C)C1CCS(=O)(=O)C1. The molecule has 1 unspecified atom stereocenters. The topological polar surface area (TPSA) is 49.4 Å². The van der Waals surface area contributed by atoms with E-state index in [9.17, 15) is 8.42 Å². The molecule has 1 N–H and O–H groups in total. The highest BCUT2D eigenvalue weighted by atomic mass is 32.2. The van der Waals surface area contributed by atoms with Gasteiger partial charge in [0.1, 0.15) is 0 Å². The van der Waals surface area contributed by atoms with Gasteiger partial charge in [-0.05, 0) is 32.0 Å². The molecule has 21 heavy (non-hydrogen) atoms. The van der Waals surface area contributed by atoms with Gasteiger partial charge in [0, 0.05) is 34.9 Å². The molecule has 0 saturated carbocycles. The molecular weight excluding hydrogens is 304 g/mol. The number of thiophene rings is 1. The van der Waals surface area contributed by atoms with Gasteiger partial charge in [-0.2, -0.15) is 0 Å². The van der Waals surface area contributed by atoms with E-state index in [1.165, 1.54) is 15.3 Å². The third-order valence-electron chi connectivity index (χ3n) is 4.01. The van der Waals surface area contributed by atoms with E-state index in [4.69, 9.17) is 0 Å². The summed E-state index contributed by atoms with van der Waals surface area (Å²) < 4.78 is 23.2. The quantitative estimate of drug-likeness (QED) is 0.868. The summed E-state index contributed by atoms with van der Waals surface area (Å²) in [5, 5.41) is 3.44. The zero-order valence-corrected chi connectivity index (χ0v) is 15.0. The van der Waals surface area contributed by atoms with E-state index in [0.29, 0.717) is 17.5 Å². The summed E-state index contributed by atoms with van der Waals surface area (Å²) in [6.07, 6.45) is 0.768. The fraction of sp³-hybridized carbons (Fsp3) is 0.733. The molecule has 1 aromatic rings. The first kappa shape index (κ1) is 16.9. The second kappa shape index (κ2) is 6.77. The van der Waals surface area contributed by atoms with Crippen LogP contribution in [0.25, 0.3) is 0 Å². The predicted molar refractivity (Wildman–Crippen MR) is 89.6 cm³/mol. The van der Waals surface area contributed by atoms with Gasteiger partial charge >= 0.3 is 0 Å². The monoisotopic (exact) mass is 330 g/mol. The summed E-state index contributed by atoms with van der Waals surface area (Å²) in [7, 11) is -0.769. The number of hydrogen-bond donors (Lipinski definition) is 1. The van der Waals surface area contributed by atoms with E-state index in [-0.39, 0.29) is 6.04 Å². The summed E-state index contributed by atoms with van der Waals surface area (Å²) in [4.78, 5) is 4.88. The minimum absolute atomic E-state index is 0.173. The highest BCUT2D eigenvalue weighted by Gasteiger charge is 2.30. The Balaban J connectivity index is 1.96. The van der Waals surface area contributed by atoms with Gasteiger partial charge in [-0.25, -0.2) is 8.42 Å². The standard InChI is InChI=1S/C15H26N2O2S2/c1-11(2)16-8-15-7-13(12(3)20-15)9-17(4)14-5-6-21(18,19)10-14/h7,11,14,16H,5-6,8-10H2,1-4H3. The molecule has 1 fully saturated rings. The molecule has 0 amide bonds. The Morgan fingerprint density at radius 3 is 2.76 bits per heavy atom. The summed E-state index contributed by atoms with van der Waals surface area (Å²) in [5.74, 6) is 0.655. The molecule has 0 aliphatic carbocycles. The van der Waals surface area contributed by atoms with Crippen LogP contribution < -0.4 is 5.32 Å². The predicted octanol–water partition coefficient (Wildman–Crippen LogP) is 2.17. The molecule has 0 bridgehead atoms. The number of sulfone groups is 1. The molecule has 1 aromatic heterocycles. The lowest BCUT2D eigenvalue weighted by molar-refractivity contribution is 0.254. The Hall–Kier alpha value is -0.430. The molecule has 4 nitrogen and oxygen atoms in total. The van der Waals surface area contributed by atoms with Gasteiger partial charge in [0.2, 0.25) is 0 Å². The van der Waals surface area contributed by atoms with E-state index in [1.54, 1.807) is 0 Å². The molecule has 120 valence electrons. The zero-order valence-electron chi connectivity index (χ0n) is 13.3. The summed E-state index contributed by atoms with van der Waals surface area (Å²) in [6.45, 7) is 8.19. The lowest BCUT2D eigenvalue weighted by atomic mass is 10.2. The van der Waals surface area contributed by atoms with Crippen LogP contribution in [0.4, 0.5) is 0 Å². The molecule has 1 atom stereocenters. The van der Waals surface area contributed by atoms with Crippen LogP contribution in [0.3, 0.4) is 0 Å². The lowest BCUT2D eigenvalue weighted by Gasteiger charge is -2.22. The first-order chi connectivity index (χ1) is 9.77. The lowest BCUT2D eigenvalue weighted by Crippen LogP contribution is -2.32. The summed E-state index contributed by atoms with van der Waals surface area (Å²) in [6, 6.07) is 2.92. The van der Waals surface area contributed by atoms with Gasteiger partial charge in [0.05, 0.1) is 11.5 Å². The highest BCUT2D eigenvalue weighted by molar-refractivity contribution is 7.91. The number of hydrogen-bond acceptors (Lipinski definition) is 5. The molecule has 2 rings (SSSR count). The van der Waals surface area contributed by atoms with E-state index in [0.717, 1.165) is 19.5 Å². The van der Waals surface area contributed by atoms with Crippen molar-refractivity contribution in [2.75, 3.05) is 18.6 Å². The van der Waals surface area contributed by atoms with Crippen LogP contribution in [-0.2, 0) is 22.9 Å². The second-order valence-electron chi connectivity index (χ2n) is 6.30. The Morgan fingerprint density at radius 2 is 2.19 bits per heavy atom. The van der Waals surface area contributed by atoms with Crippen molar-refractivity contribution in [3.63, 3.8) is 0 Å². The fourth-order valence-corrected chi connectivity index (χ4v) is 5.47. The van der Waals surface area contributed by atoms with Crippen molar-refractivity contribution in [1.82, 2.24) is 10.2 Å². The summed E-state index contributed by atoms with van der Waals surface area (Å²) in [5.41, 5.74) is 1.33. The molecule has 2 heterocycles. The maximum absolute atomic E-state index is 11.6. The molecule has 1 saturated heterocycles. The third kappa shape index (κ3) is 4.77. The Bertz CT molecular complexity index is 578. The maximum atomic E-state index is 11.6. The van der Waals surface area contributed by atoms with Crippen molar-refractivity contribution in [3.05, 3.63) is 21.4 Å². The van der Waals surface area contributed by atoms with Crippen molar-refractivity contribution in [3.8, 4) is 0 Å². The normalized spacial score (nSPS) is 21.5. The van der Waals surface area contributed by atoms with E-state index in [2.05, 4.69) is 37.1 Å². The van der Waals surface area contributed by atoms with Crippen LogP contribution in [-0.4, -0.2) is 44.0 Å². The van der Waals surface area contributed by atoms with Crippen LogP contribution in [0, 0.1) is 6.92 Å². The van der Waals surface area contributed by atoms with Crippen molar-refractivity contribution < 1.29 is 8.42 Å². The fourth-order valence-electron chi connectivity index (χ4n) is 2.66. The average molecular weight is 331 g/mol. The average Bonchev–Trinajstić information content (AvgIpc) is 2.90.